The Kier molecular flexibility index (Phi) is 15.4. The lowest BCUT2D eigenvalue weighted by Crippen LogP contribution is -2.11. The van der Waals surface area contributed by atoms with Crippen molar-refractivity contribution < 1.29 is 8.83 Å². The Morgan fingerprint density at radius 2 is 0.839 bits per heavy atom. The van der Waals surface area contributed by atoms with Crippen LogP contribution >= 0.6 is 0 Å². The van der Waals surface area contributed by atoms with E-state index in [0.717, 1.165) is 185 Å². The van der Waals surface area contributed by atoms with Crippen LogP contribution in [0.15, 0.2) is 380 Å². The zero-order valence-corrected chi connectivity index (χ0v) is 60.9. The van der Waals surface area contributed by atoms with Crippen LogP contribution in [0.4, 0.5) is 0 Å². The van der Waals surface area contributed by atoms with Crippen molar-refractivity contribution >= 4 is 88.2 Å². The highest BCUT2D eigenvalue weighted by atomic mass is 16.3. The van der Waals surface area contributed by atoms with Gasteiger partial charge in [0.05, 0.1) is 22.2 Å². The summed E-state index contributed by atoms with van der Waals surface area (Å²) < 4.78 is 18.2. The minimum absolute atomic E-state index is 0.0219. The average molecular weight is 1430 g/mol. The van der Waals surface area contributed by atoms with E-state index in [1.807, 2.05) is 55.5 Å². The molecule has 0 fully saturated rings. The predicted molar refractivity (Wildman–Crippen MR) is 460 cm³/mol. The van der Waals surface area contributed by atoms with Crippen molar-refractivity contribution in [1.82, 2.24) is 29.1 Å². The first-order valence-corrected chi connectivity index (χ1v) is 38.4. The largest absolute Gasteiger partial charge is 0.456 e. The lowest BCUT2D eigenvalue weighted by Gasteiger charge is -2.27. The molecule has 2 aliphatic rings. The van der Waals surface area contributed by atoms with Crippen LogP contribution in [0.3, 0.4) is 0 Å². The van der Waals surface area contributed by atoms with Crippen molar-refractivity contribution in [3.8, 4) is 101 Å². The van der Waals surface area contributed by atoms with E-state index in [1.54, 1.807) is 0 Å². The second kappa shape index (κ2) is 26.7. The van der Waals surface area contributed by atoms with Gasteiger partial charge in [-0.25, -0.2) is 0 Å². The third-order valence-corrected chi connectivity index (χ3v) is 23.2. The molecule has 0 saturated carbocycles. The van der Waals surface area contributed by atoms with Crippen LogP contribution in [0, 0.1) is 0 Å². The summed E-state index contributed by atoms with van der Waals surface area (Å²) in [4.78, 5) is 19.0. The van der Waals surface area contributed by atoms with E-state index in [-0.39, 0.29) is 11.8 Å². The first-order valence-electron chi connectivity index (χ1n) is 38.4. The number of rotatable bonds is 13. The molecule has 8 heterocycles. The van der Waals surface area contributed by atoms with E-state index >= 15 is 0 Å². The van der Waals surface area contributed by atoms with Crippen molar-refractivity contribution in [3.05, 3.63) is 399 Å². The van der Waals surface area contributed by atoms with Gasteiger partial charge < -0.3 is 18.0 Å². The zero-order valence-electron chi connectivity index (χ0n) is 60.9. The summed E-state index contributed by atoms with van der Waals surface area (Å²) in [7, 11) is 0. The number of fused-ring (bicyclic) bond motifs is 12. The Balaban J connectivity index is 0.583. The molecule has 0 N–H and O–H groups in total. The summed E-state index contributed by atoms with van der Waals surface area (Å²) in [6.45, 7) is 0. The Hall–Kier alpha value is -14.6. The Bertz CT molecular complexity index is 7280. The predicted octanol–water partition coefficient (Wildman–Crippen LogP) is 26.9. The summed E-state index contributed by atoms with van der Waals surface area (Å²) in [6.07, 6.45) is 27.2. The molecule has 2 aliphatic carbocycles. The van der Waals surface area contributed by atoms with Crippen molar-refractivity contribution in [3.63, 3.8) is 0 Å². The van der Waals surface area contributed by atoms with E-state index in [1.165, 1.54) is 38.5 Å². The molecule has 0 spiro atoms. The molecule has 2 atom stereocenters. The van der Waals surface area contributed by atoms with Crippen LogP contribution in [0.5, 0.6) is 0 Å². The third kappa shape index (κ3) is 11.0. The highest BCUT2D eigenvalue weighted by Gasteiger charge is 2.28. The number of hydrogen-bond acceptors (Lipinski definition) is 6. The monoisotopic (exact) mass is 1430 g/mol. The summed E-state index contributed by atoms with van der Waals surface area (Å²) in [5, 5.41) is 7.92. The van der Waals surface area contributed by atoms with Gasteiger partial charge in [-0.3, -0.25) is 19.9 Å². The van der Waals surface area contributed by atoms with Crippen LogP contribution in [0.1, 0.15) is 46.2 Å². The minimum atomic E-state index is -0.0377. The molecule has 0 amide bonds. The van der Waals surface area contributed by atoms with Crippen LogP contribution in [0.25, 0.3) is 189 Å². The molecule has 526 valence electrons. The van der Waals surface area contributed by atoms with E-state index in [2.05, 4.69) is 341 Å². The second-order valence-corrected chi connectivity index (χ2v) is 29.5. The molecule has 0 saturated heterocycles. The molecule has 112 heavy (non-hydrogen) atoms. The quantitative estimate of drug-likeness (QED) is 0.114. The molecule has 8 heteroatoms. The summed E-state index contributed by atoms with van der Waals surface area (Å²) in [6, 6.07) is 110. The molecule has 0 aliphatic heterocycles. The van der Waals surface area contributed by atoms with Gasteiger partial charge in [0.1, 0.15) is 22.3 Å². The van der Waals surface area contributed by atoms with Gasteiger partial charge in [0.2, 0.25) is 0 Å². The molecular weight excluding hydrogens is 1370 g/mol. The van der Waals surface area contributed by atoms with Crippen molar-refractivity contribution in [2.45, 2.75) is 24.7 Å². The van der Waals surface area contributed by atoms with Gasteiger partial charge in [0.25, 0.3) is 0 Å². The highest BCUT2D eigenvalue weighted by Crippen LogP contribution is 2.48. The number of aromatic nitrogens is 6. The van der Waals surface area contributed by atoms with Gasteiger partial charge in [-0.2, -0.15) is 0 Å². The van der Waals surface area contributed by atoms with Crippen LogP contribution in [-0.4, -0.2) is 29.1 Å². The topological polar surface area (TPSA) is 87.7 Å². The Labute approximate surface area is 646 Å². The summed E-state index contributed by atoms with van der Waals surface area (Å²) in [5.74, 6) is -0.0158. The third-order valence-electron chi connectivity index (χ3n) is 23.2. The number of nitrogens with zero attached hydrogens (tertiary/aromatic N) is 6. The van der Waals surface area contributed by atoms with E-state index < -0.39 is 0 Å². The average Bonchev–Trinajstić information content (AvgIpc) is 1.56. The molecule has 2 unspecified atom stereocenters. The lowest BCUT2D eigenvalue weighted by atomic mass is 9.76. The maximum absolute atomic E-state index is 6.71. The van der Waals surface area contributed by atoms with Crippen LogP contribution < -0.4 is 0 Å². The number of hydrogen-bond donors (Lipinski definition) is 0. The zero-order chi connectivity index (χ0) is 73.7. The lowest BCUT2D eigenvalue weighted by molar-refractivity contribution is 0.668. The fourth-order valence-electron chi connectivity index (χ4n) is 17.8. The number of pyridine rings is 4. The van der Waals surface area contributed by atoms with Crippen molar-refractivity contribution in [2.75, 3.05) is 0 Å². The minimum Gasteiger partial charge on any atom is -0.456 e. The first kappa shape index (κ1) is 64.6. The van der Waals surface area contributed by atoms with E-state index in [9.17, 15) is 0 Å². The van der Waals surface area contributed by atoms with E-state index in [0.29, 0.717) is 0 Å². The fourth-order valence-corrected chi connectivity index (χ4v) is 17.8. The molecule has 8 aromatic heterocycles. The first-order chi connectivity index (χ1) is 55.5. The molecule has 0 radical (unpaired) electrons. The van der Waals surface area contributed by atoms with Crippen molar-refractivity contribution in [1.29, 1.82) is 0 Å². The molecule has 8 nitrogen and oxygen atoms in total. The van der Waals surface area contributed by atoms with Crippen LogP contribution in [-0.2, 0) is 6.42 Å². The van der Waals surface area contributed by atoms with E-state index in [4.69, 9.17) is 18.8 Å². The molecule has 12 aromatic carbocycles. The molecule has 20 aromatic rings. The smallest absolute Gasteiger partial charge is 0.135 e. The summed E-state index contributed by atoms with van der Waals surface area (Å²) in [5.41, 5.74) is 34.0. The van der Waals surface area contributed by atoms with Gasteiger partial charge in [-0.05, 0) is 224 Å². The van der Waals surface area contributed by atoms with Gasteiger partial charge in [-0.1, -0.05) is 206 Å². The molecular formula is C104H68N6O2. The number of allylic oxidation sites excluding steroid dienone is 5. The maximum atomic E-state index is 6.71. The maximum Gasteiger partial charge on any atom is 0.135 e. The normalized spacial score (nSPS) is 14.2. The Morgan fingerprint density at radius 3 is 1.52 bits per heavy atom. The van der Waals surface area contributed by atoms with Crippen molar-refractivity contribution in [2.24, 2.45) is 0 Å². The van der Waals surface area contributed by atoms with Gasteiger partial charge in [-0.15, -0.1) is 0 Å². The standard InChI is InChI=1S/C104H68N6O2/c1-2-17-65(18-3-1)76-51-77(64-107-63-76)67-34-41-99-90(53-67)87-29-10-12-31-97(87)109(99)78-21-14-22-79(60-78)110-98-32-13-11-30-88(98)91-54-69(35-42-100(91)110)83-26-8-9-28-86(83)96-59-68(47-50-108-96)66-33-40-85(75-20-16-49-106-62-75)89(52-66)73-39-46-104-95(58-73)94-56-71(37-44-103(94)112-104)81-24-5-4-23-80(81)70-36-43-101-92(55-70)93-57-72(38-45-102(93)111-101)82-25-6-7-27-84(82)74-19-15-48-105-61-74/h1-12,14-31,33-64,85,89H,13,32H2. The van der Waals surface area contributed by atoms with Gasteiger partial charge in [0.15, 0.2) is 0 Å². The van der Waals surface area contributed by atoms with Gasteiger partial charge in [0, 0.05) is 138 Å². The number of benzene rings is 12. The number of furan rings is 2. The fraction of sp³-hybridized carbons (Fsp3) is 0.0385. The molecule has 22 rings (SSSR count). The Morgan fingerprint density at radius 1 is 0.304 bits per heavy atom. The second-order valence-electron chi connectivity index (χ2n) is 29.5. The molecule has 0 bridgehead atoms. The van der Waals surface area contributed by atoms with Crippen LogP contribution in [0.2, 0.25) is 0 Å². The van der Waals surface area contributed by atoms with Gasteiger partial charge >= 0.3 is 0 Å². The summed E-state index contributed by atoms with van der Waals surface area (Å²) >= 11 is 0. The number of para-hydroxylation sites is 1. The highest BCUT2D eigenvalue weighted by molar-refractivity contribution is 6.12. The SMILES string of the molecule is C1=Cc2c(n(-c3cccc(-n4c5ccccc5c5cc(-c6cncc(-c7ccccc7)c6)ccc54)c3)c3ccc(-c4ccccc4-c4cc(C5=CC(c6ccc7oc8ccc(-c9ccccc9-c9ccc%10oc%11ccc(-c%12ccccc%12-c%12cccnc%12)cc%11c%10c9)cc8c7c6)C(c6cccnc6)C=C5)ccn4)cc23)CC1.